The molecule has 2 rings (SSSR count). The van der Waals surface area contributed by atoms with E-state index in [9.17, 15) is 9.36 Å². The number of aryl methyl sites for hydroxylation is 1. The number of phosphoric acid groups is 1. The first-order valence-corrected chi connectivity index (χ1v) is 6.14. The molecular weight excluding hydrogens is 247 g/mol. The van der Waals surface area contributed by atoms with Crippen LogP contribution in [0.1, 0.15) is 5.82 Å². The number of rotatable bonds is 2. The van der Waals surface area contributed by atoms with Gasteiger partial charge in [0.1, 0.15) is 11.3 Å². The van der Waals surface area contributed by atoms with Gasteiger partial charge in [0.25, 0.3) is 5.56 Å². The van der Waals surface area contributed by atoms with Crippen LogP contribution in [0, 0.1) is 6.92 Å². The molecule has 0 aliphatic carbocycles. The highest BCUT2D eigenvalue weighted by atomic mass is 31.2. The molecule has 0 amide bonds. The number of para-hydroxylation sites is 1. The van der Waals surface area contributed by atoms with Crippen molar-refractivity contribution in [2.75, 3.05) is 0 Å². The fourth-order valence-electron chi connectivity index (χ4n) is 1.45. The highest BCUT2D eigenvalue weighted by Crippen LogP contribution is 2.39. The van der Waals surface area contributed by atoms with Crippen molar-refractivity contribution in [1.82, 2.24) is 9.97 Å². The van der Waals surface area contributed by atoms with Gasteiger partial charge in [-0.1, -0.05) is 6.07 Å². The summed E-state index contributed by atoms with van der Waals surface area (Å²) in [6, 6.07) is 4.29. The number of fused-ring (bicyclic) bond motifs is 1. The van der Waals surface area contributed by atoms with Crippen LogP contribution in [-0.2, 0) is 4.57 Å². The predicted octanol–water partition coefficient (Wildman–Crippen LogP) is 0.703. The Balaban J connectivity index is 2.73. The van der Waals surface area contributed by atoms with Crippen LogP contribution in [0.4, 0.5) is 0 Å². The number of hydrogen-bond acceptors (Lipinski definition) is 4. The Hall–Kier alpha value is -1.69. The summed E-state index contributed by atoms with van der Waals surface area (Å²) in [6.45, 7) is 1.56. The Morgan fingerprint density at radius 2 is 2.12 bits per heavy atom. The molecule has 0 bridgehead atoms. The largest absolute Gasteiger partial charge is 0.524 e. The lowest BCUT2D eigenvalue weighted by molar-refractivity contribution is 0.284. The van der Waals surface area contributed by atoms with Crippen molar-refractivity contribution in [1.29, 1.82) is 0 Å². The molecule has 0 fully saturated rings. The molecule has 0 saturated carbocycles. The van der Waals surface area contributed by atoms with Crippen LogP contribution in [0.5, 0.6) is 5.75 Å². The number of benzene rings is 1. The number of hydrogen-bond donors (Lipinski definition) is 3. The fourth-order valence-corrected chi connectivity index (χ4v) is 1.85. The smallest absolute Gasteiger partial charge is 0.402 e. The average Bonchev–Trinajstić information content (AvgIpc) is 2.17. The number of aromatic amines is 1. The monoisotopic (exact) mass is 256 g/mol. The van der Waals surface area contributed by atoms with Crippen molar-refractivity contribution in [2.45, 2.75) is 6.92 Å². The molecule has 0 spiro atoms. The lowest BCUT2D eigenvalue weighted by Crippen LogP contribution is -2.10. The summed E-state index contributed by atoms with van der Waals surface area (Å²) < 4.78 is 15.2. The van der Waals surface area contributed by atoms with Gasteiger partial charge in [-0.15, -0.1) is 0 Å². The maximum atomic E-state index is 11.6. The Bertz CT molecular complexity index is 675. The molecule has 1 aromatic carbocycles. The Labute approximate surface area is 95.3 Å². The van der Waals surface area contributed by atoms with Crippen molar-refractivity contribution in [3.05, 3.63) is 34.4 Å². The molecule has 0 radical (unpaired) electrons. The van der Waals surface area contributed by atoms with E-state index in [4.69, 9.17) is 9.79 Å². The zero-order valence-electron chi connectivity index (χ0n) is 8.75. The minimum Gasteiger partial charge on any atom is -0.402 e. The number of phosphoric ester groups is 1. The highest BCUT2D eigenvalue weighted by molar-refractivity contribution is 7.46. The zero-order valence-corrected chi connectivity index (χ0v) is 9.64. The van der Waals surface area contributed by atoms with Gasteiger partial charge in [0.05, 0.1) is 5.39 Å². The van der Waals surface area contributed by atoms with Crippen LogP contribution in [0.3, 0.4) is 0 Å². The minimum atomic E-state index is -4.67. The van der Waals surface area contributed by atoms with Gasteiger partial charge in [-0.2, -0.15) is 0 Å². The topological polar surface area (TPSA) is 113 Å². The molecule has 2 aromatic rings. The third-order valence-electron chi connectivity index (χ3n) is 2.03. The van der Waals surface area contributed by atoms with E-state index < -0.39 is 7.82 Å². The summed E-state index contributed by atoms with van der Waals surface area (Å²) in [4.78, 5) is 35.5. The quantitative estimate of drug-likeness (QED) is 0.682. The summed E-state index contributed by atoms with van der Waals surface area (Å²) in [7, 11) is -4.67. The zero-order chi connectivity index (χ0) is 12.6. The number of nitrogens with zero attached hydrogens (tertiary/aromatic N) is 1. The third kappa shape index (κ3) is 2.52. The minimum absolute atomic E-state index is 0.120. The fraction of sp³-hybridized carbons (Fsp3) is 0.111. The van der Waals surface area contributed by atoms with Gasteiger partial charge < -0.3 is 9.51 Å². The summed E-state index contributed by atoms with van der Waals surface area (Å²) >= 11 is 0. The first kappa shape index (κ1) is 11.8. The molecule has 1 aromatic heterocycles. The molecular formula is C9H9N2O5P. The van der Waals surface area contributed by atoms with Gasteiger partial charge in [0.15, 0.2) is 5.75 Å². The second-order valence-electron chi connectivity index (χ2n) is 3.39. The Kier molecular flexibility index (Phi) is 2.74. The first-order chi connectivity index (χ1) is 7.87. The summed E-state index contributed by atoms with van der Waals surface area (Å²) in [5, 5.41) is 0.210. The van der Waals surface area contributed by atoms with Gasteiger partial charge in [0.2, 0.25) is 0 Å². The van der Waals surface area contributed by atoms with Crippen molar-refractivity contribution < 1.29 is 18.9 Å². The van der Waals surface area contributed by atoms with E-state index in [1.807, 2.05) is 0 Å². The number of nitrogens with one attached hydrogen (secondary N) is 1. The lowest BCUT2D eigenvalue weighted by Gasteiger charge is -2.08. The van der Waals surface area contributed by atoms with Crippen molar-refractivity contribution in [2.24, 2.45) is 0 Å². The molecule has 0 atom stereocenters. The average molecular weight is 256 g/mol. The second kappa shape index (κ2) is 3.96. The molecule has 3 N–H and O–H groups in total. The summed E-state index contributed by atoms with van der Waals surface area (Å²) in [5.41, 5.74) is -0.263. The second-order valence-corrected chi connectivity index (χ2v) is 4.55. The lowest BCUT2D eigenvalue weighted by atomic mass is 10.2. The summed E-state index contributed by atoms with van der Waals surface area (Å²) in [5.74, 6) is 0.217. The van der Waals surface area contributed by atoms with E-state index >= 15 is 0 Å². The van der Waals surface area contributed by atoms with E-state index in [2.05, 4.69) is 14.5 Å². The number of aromatic nitrogens is 2. The molecule has 8 heteroatoms. The van der Waals surface area contributed by atoms with E-state index in [0.29, 0.717) is 5.82 Å². The molecule has 17 heavy (non-hydrogen) atoms. The number of H-pyrrole nitrogens is 1. The van der Waals surface area contributed by atoms with Crippen molar-refractivity contribution >= 4 is 18.7 Å². The molecule has 0 saturated heterocycles. The molecule has 0 aliphatic rings. The van der Waals surface area contributed by atoms with Crippen LogP contribution < -0.4 is 10.1 Å². The van der Waals surface area contributed by atoms with Crippen LogP contribution >= 0.6 is 7.82 Å². The first-order valence-electron chi connectivity index (χ1n) is 4.61. The van der Waals surface area contributed by atoms with Crippen LogP contribution in [0.15, 0.2) is 23.0 Å². The van der Waals surface area contributed by atoms with Gasteiger partial charge >= 0.3 is 7.82 Å². The van der Waals surface area contributed by atoms with E-state index in [-0.39, 0.29) is 22.2 Å². The summed E-state index contributed by atoms with van der Waals surface area (Å²) in [6.07, 6.45) is 0. The highest BCUT2D eigenvalue weighted by Gasteiger charge is 2.18. The van der Waals surface area contributed by atoms with Crippen molar-refractivity contribution in [3.8, 4) is 5.75 Å². The van der Waals surface area contributed by atoms with Gasteiger partial charge in [-0.05, 0) is 19.1 Å². The van der Waals surface area contributed by atoms with E-state index in [0.717, 1.165) is 0 Å². The third-order valence-corrected chi connectivity index (χ3v) is 2.47. The molecule has 0 unspecified atom stereocenters. The maximum absolute atomic E-state index is 11.6. The van der Waals surface area contributed by atoms with Gasteiger partial charge in [-0.3, -0.25) is 14.6 Å². The Morgan fingerprint density at radius 1 is 1.41 bits per heavy atom. The SMILES string of the molecule is Cc1nc2c(OP(=O)(O)O)cccc2c(=O)[nH]1. The maximum Gasteiger partial charge on any atom is 0.524 e. The van der Waals surface area contributed by atoms with Gasteiger partial charge in [0, 0.05) is 0 Å². The van der Waals surface area contributed by atoms with Crippen LogP contribution in [-0.4, -0.2) is 19.8 Å². The molecule has 90 valence electrons. The van der Waals surface area contributed by atoms with Gasteiger partial charge in [-0.25, -0.2) is 9.55 Å². The predicted molar refractivity (Wildman–Crippen MR) is 59.8 cm³/mol. The Morgan fingerprint density at radius 3 is 2.76 bits per heavy atom. The standard InChI is InChI=1S/C9H9N2O5P/c1-5-10-8-6(9(12)11-5)3-2-4-7(8)16-17(13,14)15/h2-4H,1H3,(H,10,11,12)(H2,13,14,15). The normalized spacial score (nSPS) is 11.7. The molecule has 0 aliphatic heterocycles. The van der Waals surface area contributed by atoms with Crippen LogP contribution in [0.25, 0.3) is 10.9 Å². The van der Waals surface area contributed by atoms with Crippen LogP contribution in [0.2, 0.25) is 0 Å². The van der Waals surface area contributed by atoms with Crippen molar-refractivity contribution in [3.63, 3.8) is 0 Å². The molecule has 1 heterocycles. The van der Waals surface area contributed by atoms with E-state index in [1.54, 1.807) is 6.92 Å². The molecule has 7 nitrogen and oxygen atoms in total. The van der Waals surface area contributed by atoms with E-state index in [1.165, 1.54) is 18.2 Å².